The number of anilines is 1. The molecule has 0 amide bonds. The predicted molar refractivity (Wildman–Crippen MR) is 83.1 cm³/mol. The van der Waals surface area contributed by atoms with Gasteiger partial charge in [0.05, 0.1) is 25.4 Å². The van der Waals surface area contributed by atoms with Gasteiger partial charge in [-0.15, -0.1) is 0 Å². The lowest BCUT2D eigenvalue weighted by atomic mass is 10.2. The lowest BCUT2D eigenvalue weighted by molar-refractivity contribution is 0.0304. The van der Waals surface area contributed by atoms with E-state index >= 15 is 0 Å². The van der Waals surface area contributed by atoms with Crippen molar-refractivity contribution < 1.29 is 14.2 Å². The van der Waals surface area contributed by atoms with Crippen molar-refractivity contribution in [2.24, 2.45) is 0 Å². The zero-order valence-electron chi connectivity index (χ0n) is 12.3. The molecule has 5 heteroatoms. The molecule has 1 fully saturated rings. The summed E-state index contributed by atoms with van der Waals surface area (Å²) in [5, 5.41) is 14.1. The van der Waals surface area contributed by atoms with E-state index in [0.717, 1.165) is 5.56 Å². The molecule has 4 nitrogen and oxygen atoms in total. The first-order valence-corrected chi connectivity index (χ1v) is 7.37. The Bertz CT molecular complexity index is 615. The molecule has 1 N–H and O–H groups in total. The van der Waals surface area contributed by atoms with E-state index in [1.807, 2.05) is 35.3 Å². The van der Waals surface area contributed by atoms with E-state index < -0.39 is 5.82 Å². The Morgan fingerprint density at radius 3 is 2.50 bits per heavy atom. The highest BCUT2D eigenvalue weighted by molar-refractivity contribution is 5.57. The monoisotopic (exact) mass is 302 g/mol. The summed E-state index contributed by atoms with van der Waals surface area (Å²) in [6, 6.07) is 14.5. The molecule has 116 valence electrons. The van der Waals surface area contributed by atoms with E-state index in [-0.39, 0.29) is 5.75 Å². The summed E-state index contributed by atoms with van der Waals surface area (Å²) in [7, 11) is 0. The molecule has 0 spiro atoms. The normalized spacial score (nSPS) is 15.7. The maximum absolute atomic E-state index is 13.7. The number of phenolic OH excluding ortho intramolecular Hbond substituents is 1. The molecule has 1 aliphatic rings. The number of nitrogens with zero attached hydrogens (tertiary/aromatic N) is 2. The number of morpholine rings is 1. The first-order chi connectivity index (χ1) is 10.8. The van der Waals surface area contributed by atoms with Crippen molar-refractivity contribution in [3.05, 3.63) is 59.9 Å². The average molecular weight is 302 g/mol. The minimum atomic E-state index is -0.608. The van der Waals surface area contributed by atoms with Gasteiger partial charge < -0.3 is 9.84 Å². The second-order valence-corrected chi connectivity index (χ2v) is 5.22. The third-order valence-electron chi connectivity index (χ3n) is 3.75. The average Bonchev–Trinajstić information content (AvgIpc) is 2.57. The van der Waals surface area contributed by atoms with Gasteiger partial charge in [0.2, 0.25) is 0 Å². The van der Waals surface area contributed by atoms with Crippen molar-refractivity contribution in [2.75, 3.05) is 31.3 Å². The van der Waals surface area contributed by atoms with Crippen LogP contribution in [0.2, 0.25) is 0 Å². The second kappa shape index (κ2) is 6.77. The zero-order valence-corrected chi connectivity index (χ0v) is 12.3. The lowest BCUT2D eigenvalue weighted by Gasteiger charge is -2.39. The van der Waals surface area contributed by atoms with E-state index in [4.69, 9.17) is 4.74 Å². The molecule has 0 saturated carbocycles. The Balaban J connectivity index is 1.93. The third-order valence-corrected chi connectivity index (χ3v) is 3.75. The van der Waals surface area contributed by atoms with E-state index in [1.165, 1.54) is 6.07 Å². The summed E-state index contributed by atoms with van der Waals surface area (Å²) in [4.78, 5) is 0. The Morgan fingerprint density at radius 1 is 1.05 bits per heavy atom. The molecule has 2 aromatic carbocycles. The van der Waals surface area contributed by atoms with Crippen molar-refractivity contribution in [2.45, 2.75) is 6.54 Å². The minimum Gasteiger partial charge on any atom is -0.503 e. The Morgan fingerprint density at radius 2 is 1.77 bits per heavy atom. The SMILES string of the molecule is Oc1c(F)cccc1N(Cc1ccccc1)N1CCOCC1. The van der Waals surface area contributed by atoms with Crippen LogP contribution in [0, 0.1) is 5.82 Å². The summed E-state index contributed by atoms with van der Waals surface area (Å²) in [6.45, 7) is 3.24. The van der Waals surface area contributed by atoms with Gasteiger partial charge in [0.1, 0.15) is 0 Å². The number of phenols is 1. The quantitative estimate of drug-likeness (QED) is 0.942. The molecule has 0 bridgehead atoms. The molecule has 1 aliphatic heterocycles. The Kier molecular flexibility index (Phi) is 4.56. The van der Waals surface area contributed by atoms with Gasteiger partial charge in [-0.3, -0.25) is 5.01 Å². The van der Waals surface area contributed by atoms with Gasteiger partial charge in [-0.1, -0.05) is 36.4 Å². The van der Waals surface area contributed by atoms with Crippen molar-refractivity contribution in [1.82, 2.24) is 5.01 Å². The van der Waals surface area contributed by atoms with Crippen LogP contribution in [0.25, 0.3) is 0 Å². The van der Waals surface area contributed by atoms with E-state index in [1.54, 1.807) is 12.1 Å². The number of para-hydroxylation sites is 1. The zero-order chi connectivity index (χ0) is 15.4. The van der Waals surface area contributed by atoms with Crippen LogP contribution in [0.1, 0.15) is 5.56 Å². The van der Waals surface area contributed by atoms with Gasteiger partial charge in [-0.05, 0) is 17.7 Å². The number of hydrogen-bond acceptors (Lipinski definition) is 4. The van der Waals surface area contributed by atoms with Crippen LogP contribution >= 0.6 is 0 Å². The highest BCUT2D eigenvalue weighted by Gasteiger charge is 2.22. The number of ether oxygens (including phenoxy) is 1. The number of benzene rings is 2. The van der Waals surface area contributed by atoms with Crippen molar-refractivity contribution in [3.63, 3.8) is 0 Å². The maximum atomic E-state index is 13.7. The number of hydrazine groups is 1. The highest BCUT2D eigenvalue weighted by Crippen LogP contribution is 2.32. The molecule has 0 aliphatic carbocycles. The molecule has 1 heterocycles. The molecular weight excluding hydrogens is 283 g/mol. The van der Waals surface area contributed by atoms with E-state index in [0.29, 0.717) is 38.5 Å². The largest absolute Gasteiger partial charge is 0.503 e. The van der Waals surface area contributed by atoms with Crippen molar-refractivity contribution in [1.29, 1.82) is 0 Å². The maximum Gasteiger partial charge on any atom is 0.176 e. The smallest absolute Gasteiger partial charge is 0.176 e. The number of rotatable bonds is 4. The Hall–Kier alpha value is -2.11. The van der Waals surface area contributed by atoms with Gasteiger partial charge in [0, 0.05) is 13.1 Å². The van der Waals surface area contributed by atoms with Gasteiger partial charge in [0.25, 0.3) is 0 Å². The van der Waals surface area contributed by atoms with E-state index in [2.05, 4.69) is 5.01 Å². The topological polar surface area (TPSA) is 35.9 Å². The molecule has 0 atom stereocenters. The van der Waals surface area contributed by atoms with Gasteiger partial charge >= 0.3 is 0 Å². The molecule has 1 saturated heterocycles. The summed E-state index contributed by atoms with van der Waals surface area (Å²) >= 11 is 0. The molecular formula is C17H19FN2O2. The number of aromatic hydroxyl groups is 1. The Labute approximate surface area is 129 Å². The fourth-order valence-corrected chi connectivity index (χ4v) is 2.60. The third kappa shape index (κ3) is 3.21. The number of halogens is 1. The highest BCUT2D eigenvalue weighted by atomic mass is 19.1. The predicted octanol–water partition coefficient (Wildman–Crippen LogP) is 2.79. The van der Waals surface area contributed by atoms with Crippen LogP contribution in [0.5, 0.6) is 5.75 Å². The summed E-state index contributed by atoms with van der Waals surface area (Å²) in [5.74, 6) is -0.922. The van der Waals surface area contributed by atoms with Crippen LogP contribution < -0.4 is 5.01 Å². The first-order valence-electron chi connectivity index (χ1n) is 7.37. The fourth-order valence-electron chi connectivity index (χ4n) is 2.60. The van der Waals surface area contributed by atoms with Gasteiger partial charge in [0.15, 0.2) is 11.6 Å². The van der Waals surface area contributed by atoms with Crippen LogP contribution in [-0.4, -0.2) is 36.4 Å². The summed E-state index contributed by atoms with van der Waals surface area (Å²) in [6.07, 6.45) is 0. The molecule has 0 aromatic heterocycles. The van der Waals surface area contributed by atoms with Crippen LogP contribution in [0.4, 0.5) is 10.1 Å². The minimum absolute atomic E-state index is 0.315. The number of hydrogen-bond donors (Lipinski definition) is 1. The molecule has 3 rings (SSSR count). The van der Waals surface area contributed by atoms with Crippen LogP contribution in [0.15, 0.2) is 48.5 Å². The molecule has 0 radical (unpaired) electrons. The molecule has 22 heavy (non-hydrogen) atoms. The van der Waals surface area contributed by atoms with Crippen LogP contribution in [0.3, 0.4) is 0 Å². The van der Waals surface area contributed by atoms with Gasteiger partial charge in [-0.25, -0.2) is 9.40 Å². The summed E-state index contributed by atoms with van der Waals surface area (Å²) < 4.78 is 19.1. The molecule has 0 unspecified atom stereocenters. The summed E-state index contributed by atoms with van der Waals surface area (Å²) in [5.41, 5.74) is 1.57. The molecule has 2 aromatic rings. The van der Waals surface area contributed by atoms with Gasteiger partial charge in [-0.2, -0.15) is 0 Å². The lowest BCUT2D eigenvalue weighted by Crippen LogP contribution is -2.48. The second-order valence-electron chi connectivity index (χ2n) is 5.22. The fraction of sp³-hybridized carbons (Fsp3) is 0.294. The van der Waals surface area contributed by atoms with Crippen molar-refractivity contribution in [3.8, 4) is 5.75 Å². The van der Waals surface area contributed by atoms with Crippen molar-refractivity contribution >= 4 is 5.69 Å². The standard InChI is InChI=1S/C17H19FN2O2/c18-15-7-4-8-16(17(15)21)20(19-9-11-22-12-10-19)13-14-5-2-1-3-6-14/h1-8,21H,9-13H2. The van der Waals surface area contributed by atoms with E-state index in [9.17, 15) is 9.50 Å². The van der Waals surface area contributed by atoms with Crippen LogP contribution in [-0.2, 0) is 11.3 Å². The first kappa shape index (κ1) is 14.8.